The Morgan fingerprint density at radius 3 is 2.46 bits per heavy atom. The van der Waals surface area contributed by atoms with E-state index in [2.05, 4.69) is 10.3 Å². The number of fused-ring (bicyclic) bond motifs is 2. The van der Waals surface area contributed by atoms with Gasteiger partial charge >= 0.3 is 6.18 Å². The van der Waals surface area contributed by atoms with Crippen LogP contribution >= 0.6 is 23.4 Å². The summed E-state index contributed by atoms with van der Waals surface area (Å²) in [5, 5.41) is 3.06. The van der Waals surface area contributed by atoms with Gasteiger partial charge in [0.05, 0.1) is 0 Å². The lowest BCUT2D eigenvalue weighted by Crippen LogP contribution is -2.49. The summed E-state index contributed by atoms with van der Waals surface area (Å²) >= 11 is 7.23. The van der Waals surface area contributed by atoms with E-state index in [1.54, 1.807) is 0 Å². The summed E-state index contributed by atoms with van der Waals surface area (Å²) in [7, 11) is 0. The van der Waals surface area contributed by atoms with Crippen LogP contribution in [-0.4, -0.2) is 21.7 Å². The molecule has 0 saturated heterocycles. The number of benzene rings is 1. The zero-order chi connectivity index (χ0) is 19.3. The number of aromatic nitrogens is 1. The molecule has 8 heteroatoms. The fraction of sp³-hybridized carbons (Fsp3) is 0.389. The van der Waals surface area contributed by atoms with Gasteiger partial charge < -0.3 is 10.3 Å². The van der Waals surface area contributed by atoms with E-state index in [-0.39, 0.29) is 38.0 Å². The number of aromatic amines is 1. The van der Waals surface area contributed by atoms with Crippen molar-refractivity contribution in [2.45, 2.75) is 37.1 Å². The maximum Gasteiger partial charge on any atom is 0.403 e. The van der Waals surface area contributed by atoms with Crippen LogP contribution in [-0.2, 0) is 5.41 Å². The Morgan fingerprint density at radius 2 is 1.85 bits per heavy atom. The van der Waals surface area contributed by atoms with Gasteiger partial charge in [0.25, 0.3) is 5.56 Å². The first kappa shape index (κ1) is 19.2. The van der Waals surface area contributed by atoms with E-state index in [1.165, 1.54) is 42.2 Å². The first-order chi connectivity index (χ1) is 12.0. The average Bonchev–Trinajstić information content (AvgIpc) is 2.50. The highest BCUT2D eigenvalue weighted by molar-refractivity contribution is 8.00. The van der Waals surface area contributed by atoms with Gasteiger partial charge in [-0.2, -0.15) is 24.9 Å². The first-order valence-electron chi connectivity index (χ1n) is 7.96. The molecule has 3 nitrogen and oxygen atoms in total. The fourth-order valence-electron chi connectivity index (χ4n) is 3.08. The molecule has 2 heterocycles. The predicted octanol–water partition coefficient (Wildman–Crippen LogP) is 5.47. The van der Waals surface area contributed by atoms with Crippen molar-refractivity contribution in [2.75, 3.05) is 11.1 Å². The molecule has 1 aliphatic heterocycles. The maximum absolute atomic E-state index is 14.6. The smallest absolute Gasteiger partial charge is 0.351 e. The number of hydrogen-bond donors (Lipinski definition) is 2. The molecule has 3 rings (SSSR count). The highest BCUT2D eigenvalue weighted by atomic mass is 35.5. The number of H-pyrrole nitrogens is 1. The van der Waals surface area contributed by atoms with Gasteiger partial charge in [0, 0.05) is 33.0 Å². The van der Waals surface area contributed by atoms with Crippen LogP contribution in [0.2, 0.25) is 5.02 Å². The predicted molar refractivity (Wildman–Crippen MR) is 101 cm³/mol. The summed E-state index contributed by atoms with van der Waals surface area (Å²) < 4.78 is 43.4. The van der Waals surface area contributed by atoms with Gasteiger partial charge in [-0.05, 0) is 29.8 Å². The Hall–Kier alpha value is -1.60. The van der Waals surface area contributed by atoms with Crippen LogP contribution in [0.25, 0.3) is 0 Å². The van der Waals surface area contributed by atoms with Crippen molar-refractivity contribution in [1.82, 2.24) is 4.98 Å². The van der Waals surface area contributed by atoms with E-state index in [0.717, 1.165) is 0 Å². The Labute approximate surface area is 158 Å². The summed E-state index contributed by atoms with van der Waals surface area (Å²) in [5.41, 5.74) is -2.80. The van der Waals surface area contributed by atoms with Crippen molar-refractivity contribution >= 4 is 34.7 Å². The number of anilines is 2. The molecule has 2 aromatic rings. The van der Waals surface area contributed by atoms with Crippen molar-refractivity contribution in [2.24, 2.45) is 0 Å². The van der Waals surface area contributed by atoms with E-state index in [1.807, 2.05) is 20.8 Å². The lowest BCUT2D eigenvalue weighted by Gasteiger charge is -2.42. The monoisotopic (exact) mass is 402 g/mol. The van der Waals surface area contributed by atoms with E-state index < -0.39 is 17.2 Å². The molecule has 2 N–H and O–H groups in total. The Bertz CT molecular complexity index is 905. The van der Waals surface area contributed by atoms with E-state index >= 15 is 0 Å². The van der Waals surface area contributed by atoms with Crippen molar-refractivity contribution in [3.63, 3.8) is 0 Å². The third-order valence-corrected chi connectivity index (χ3v) is 6.01. The van der Waals surface area contributed by atoms with Crippen molar-refractivity contribution in [3.05, 3.63) is 57.0 Å². The van der Waals surface area contributed by atoms with Crippen LogP contribution in [0, 0.1) is 0 Å². The maximum atomic E-state index is 14.6. The number of thioether (sulfide) groups is 1. The van der Waals surface area contributed by atoms with Gasteiger partial charge in [-0.15, -0.1) is 0 Å². The average molecular weight is 403 g/mol. The molecular weight excluding hydrogens is 385 g/mol. The van der Waals surface area contributed by atoms with Gasteiger partial charge in [0.1, 0.15) is 11.1 Å². The molecule has 0 bridgehead atoms. The summed E-state index contributed by atoms with van der Waals surface area (Å²) in [4.78, 5) is 14.7. The second-order valence-corrected chi connectivity index (χ2v) is 9.45. The van der Waals surface area contributed by atoms with Crippen LogP contribution in [0.5, 0.6) is 0 Å². The van der Waals surface area contributed by atoms with E-state index in [9.17, 15) is 18.0 Å². The summed E-state index contributed by atoms with van der Waals surface area (Å²) in [6.07, 6.45) is -3.37. The Morgan fingerprint density at radius 1 is 1.15 bits per heavy atom. The summed E-state index contributed by atoms with van der Waals surface area (Å²) in [5.74, 6) is -0.258. The number of pyridine rings is 1. The fourth-order valence-corrected chi connectivity index (χ4v) is 4.38. The lowest BCUT2D eigenvalue weighted by molar-refractivity contribution is -0.171. The lowest BCUT2D eigenvalue weighted by atomic mass is 9.72. The SMILES string of the molecule is CC(C)(C)SCC1(C(F)(F)F)c2cc(Cl)ccc2Nc2c1cc[nH]c2=O. The van der Waals surface area contributed by atoms with Crippen molar-refractivity contribution in [3.8, 4) is 0 Å². The number of hydrogen-bond acceptors (Lipinski definition) is 3. The van der Waals surface area contributed by atoms with Crippen LogP contribution in [0.15, 0.2) is 35.3 Å². The molecule has 0 spiro atoms. The normalized spacial score (nSPS) is 19.5. The van der Waals surface area contributed by atoms with Crippen molar-refractivity contribution < 1.29 is 13.2 Å². The quantitative estimate of drug-likeness (QED) is 0.700. The Kier molecular flexibility index (Phi) is 4.60. The number of halogens is 4. The molecule has 0 fully saturated rings. The van der Waals surface area contributed by atoms with Crippen LogP contribution < -0.4 is 10.9 Å². The standard InChI is InChI=1S/C18H18ClF3N2OS/c1-16(2,3)26-9-17(18(20,21)22)11-6-7-23-15(25)14(11)24-13-5-4-10(19)8-12(13)17/h4-8,24H,9H2,1-3H3,(H,23,25). The van der Waals surface area contributed by atoms with E-state index in [0.29, 0.717) is 0 Å². The van der Waals surface area contributed by atoms with Gasteiger partial charge in [-0.1, -0.05) is 32.4 Å². The summed E-state index contributed by atoms with van der Waals surface area (Å²) in [6.45, 7) is 5.58. The molecule has 26 heavy (non-hydrogen) atoms. The third kappa shape index (κ3) is 3.11. The molecule has 1 aromatic heterocycles. The zero-order valence-electron chi connectivity index (χ0n) is 14.4. The van der Waals surface area contributed by atoms with E-state index in [4.69, 9.17) is 11.6 Å². The minimum atomic E-state index is -4.62. The van der Waals surface area contributed by atoms with Crippen molar-refractivity contribution in [1.29, 1.82) is 0 Å². The topological polar surface area (TPSA) is 44.9 Å². The number of nitrogens with one attached hydrogen (secondary N) is 2. The van der Waals surface area contributed by atoms with Gasteiger partial charge in [-0.25, -0.2) is 0 Å². The molecule has 0 saturated carbocycles. The molecular formula is C18H18ClF3N2OS. The molecule has 0 aliphatic carbocycles. The molecule has 1 unspecified atom stereocenters. The molecule has 1 aromatic carbocycles. The number of alkyl halides is 3. The Balaban J connectivity index is 2.36. The van der Waals surface area contributed by atoms with Crippen LogP contribution in [0.1, 0.15) is 31.9 Å². The zero-order valence-corrected chi connectivity index (χ0v) is 16.0. The molecule has 0 amide bonds. The molecule has 0 radical (unpaired) electrons. The first-order valence-corrected chi connectivity index (χ1v) is 9.32. The number of rotatable bonds is 2. The third-order valence-electron chi connectivity index (χ3n) is 4.33. The van der Waals surface area contributed by atoms with Crippen LogP contribution in [0.4, 0.5) is 24.5 Å². The minimum Gasteiger partial charge on any atom is -0.351 e. The molecule has 1 atom stereocenters. The van der Waals surface area contributed by atoms with Gasteiger partial charge in [0.2, 0.25) is 0 Å². The van der Waals surface area contributed by atoms with Gasteiger partial charge in [0.15, 0.2) is 0 Å². The minimum absolute atomic E-state index is 0.0346. The second-order valence-electron chi connectivity index (χ2n) is 7.21. The molecule has 1 aliphatic rings. The molecule has 140 valence electrons. The highest BCUT2D eigenvalue weighted by Crippen LogP contribution is 2.56. The largest absolute Gasteiger partial charge is 0.403 e. The van der Waals surface area contributed by atoms with Crippen LogP contribution in [0.3, 0.4) is 0 Å². The second kappa shape index (κ2) is 6.23. The highest BCUT2D eigenvalue weighted by Gasteiger charge is 2.60. The summed E-state index contributed by atoms with van der Waals surface area (Å²) in [6, 6.07) is 5.65. The van der Waals surface area contributed by atoms with Gasteiger partial charge in [-0.3, -0.25) is 4.79 Å².